The molecule has 0 saturated carbocycles. The molecule has 6 nitrogen and oxygen atoms in total. The molecule has 0 bridgehead atoms. The van der Waals surface area contributed by atoms with E-state index < -0.39 is 11.7 Å². The van der Waals surface area contributed by atoms with Gasteiger partial charge in [0.15, 0.2) is 0 Å². The highest BCUT2D eigenvalue weighted by molar-refractivity contribution is 6.32. The Morgan fingerprint density at radius 1 is 0.971 bits per heavy atom. The highest BCUT2D eigenvalue weighted by atomic mass is 35.5. The van der Waals surface area contributed by atoms with Crippen molar-refractivity contribution < 1.29 is 18.0 Å². The molecule has 0 aliphatic rings. The van der Waals surface area contributed by atoms with E-state index >= 15 is 0 Å². The first-order valence-electron chi connectivity index (χ1n) is 10.3. The van der Waals surface area contributed by atoms with Gasteiger partial charge in [-0.2, -0.15) is 18.3 Å². The summed E-state index contributed by atoms with van der Waals surface area (Å²) in [6.45, 7) is 0.382. The van der Waals surface area contributed by atoms with Gasteiger partial charge in [0.1, 0.15) is 11.5 Å². The number of carbonyl (C=O) groups is 1. The minimum atomic E-state index is -4.52. The number of hydrogen-bond acceptors (Lipinski definition) is 4. The van der Waals surface area contributed by atoms with Gasteiger partial charge in [-0.05, 0) is 24.3 Å². The number of rotatable bonds is 7. The number of amides is 1. The average Bonchev–Trinajstić information content (AvgIpc) is 3.29. The molecule has 2 N–H and O–H groups in total. The zero-order valence-electron chi connectivity index (χ0n) is 17.7. The van der Waals surface area contributed by atoms with Gasteiger partial charge in [-0.1, -0.05) is 60.1 Å². The molecule has 2 aromatic carbocycles. The first kappa shape index (κ1) is 23.3. The number of para-hydroxylation sites is 1. The normalized spacial score (nSPS) is 11.3. The number of carbonyl (C=O) groups excluding carboxylic acids is 1. The molecule has 10 heteroatoms. The van der Waals surface area contributed by atoms with E-state index in [1.165, 1.54) is 0 Å². The average molecular weight is 486 g/mol. The number of nitrogens with zero attached hydrogens (tertiary/aromatic N) is 3. The van der Waals surface area contributed by atoms with Crippen LogP contribution >= 0.6 is 11.6 Å². The summed E-state index contributed by atoms with van der Waals surface area (Å²) in [6.07, 6.45) is -3.82. The summed E-state index contributed by atoms with van der Waals surface area (Å²) in [7, 11) is 0. The lowest BCUT2D eigenvalue weighted by Crippen LogP contribution is -2.30. The Bertz CT molecular complexity index is 1280. The van der Waals surface area contributed by atoms with Gasteiger partial charge >= 0.3 is 6.18 Å². The predicted molar refractivity (Wildman–Crippen MR) is 124 cm³/mol. The first-order valence-corrected chi connectivity index (χ1v) is 10.7. The number of hydrogen-bond donors (Lipinski definition) is 2. The minimum absolute atomic E-state index is 0.101. The summed E-state index contributed by atoms with van der Waals surface area (Å²) in [5.41, 5.74) is 1.66. The monoisotopic (exact) mass is 485 g/mol. The van der Waals surface area contributed by atoms with Crippen molar-refractivity contribution >= 4 is 23.3 Å². The van der Waals surface area contributed by atoms with Crippen LogP contribution in [0.4, 0.5) is 19.0 Å². The number of anilines is 1. The van der Waals surface area contributed by atoms with E-state index in [4.69, 9.17) is 11.6 Å². The molecule has 2 heterocycles. The van der Waals surface area contributed by atoms with E-state index in [2.05, 4.69) is 20.7 Å². The highest BCUT2D eigenvalue weighted by Crippen LogP contribution is 2.32. The Labute approximate surface area is 198 Å². The fraction of sp³-hybridized carbons (Fsp3) is 0.125. The molecule has 0 saturated heterocycles. The second-order valence-electron chi connectivity index (χ2n) is 7.26. The second-order valence-corrected chi connectivity index (χ2v) is 7.67. The van der Waals surface area contributed by atoms with Crippen molar-refractivity contribution in [2.24, 2.45) is 0 Å². The van der Waals surface area contributed by atoms with Crippen LogP contribution in [0.5, 0.6) is 0 Å². The third-order valence-corrected chi connectivity index (χ3v) is 5.17. The summed E-state index contributed by atoms with van der Waals surface area (Å²) in [5.74, 6) is -0.253. The third kappa shape index (κ3) is 5.37. The molecule has 0 fully saturated rings. The lowest BCUT2D eigenvalue weighted by molar-refractivity contribution is -0.137. The zero-order valence-corrected chi connectivity index (χ0v) is 18.4. The summed E-state index contributed by atoms with van der Waals surface area (Å²) >= 11 is 5.90. The van der Waals surface area contributed by atoms with Crippen LogP contribution in [-0.4, -0.2) is 33.8 Å². The van der Waals surface area contributed by atoms with Crippen molar-refractivity contribution in [3.05, 3.63) is 95.3 Å². The fourth-order valence-electron chi connectivity index (χ4n) is 3.23. The van der Waals surface area contributed by atoms with Gasteiger partial charge in [0.25, 0.3) is 5.91 Å². The number of pyridine rings is 1. The molecule has 0 atom stereocenters. The molecule has 0 spiro atoms. The van der Waals surface area contributed by atoms with Crippen LogP contribution < -0.4 is 10.6 Å². The molecule has 0 unspecified atom stereocenters. The summed E-state index contributed by atoms with van der Waals surface area (Å²) < 4.78 is 39.8. The highest BCUT2D eigenvalue weighted by Gasteiger charge is 2.31. The van der Waals surface area contributed by atoms with Crippen LogP contribution in [0.2, 0.25) is 5.02 Å². The van der Waals surface area contributed by atoms with Gasteiger partial charge in [-0.25, -0.2) is 9.67 Å². The summed E-state index contributed by atoms with van der Waals surface area (Å²) in [4.78, 5) is 16.7. The number of nitrogens with one attached hydrogen (secondary N) is 2. The van der Waals surface area contributed by atoms with Gasteiger partial charge in [0.05, 0.1) is 22.0 Å². The Kier molecular flexibility index (Phi) is 6.83. The first-order chi connectivity index (χ1) is 16.3. The predicted octanol–water partition coefficient (Wildman–Crippen LogP) is 5.45. The fourth-order valence-corrected chi connectivity index (χ4v) is 3.46. The van der Waals surface area contributed by atoms with Crippen molar-refractivity contribution in [1.29, 1.82) is 0 Å². The van der Waals surface area contributed by atoms with E-state index in [1.807, 2.05) is 60.7 Å². The molecule has 0 radical (unpaired) electrons. The topological polar surface area (TPSA) is 71.8 Å². The van der Waals surface area contributed by atoms with Crippen molar-refractivity contribution in [2.75, 3.05) is 18.4 Å². The number of benzene rings is 2. The Balaban J connectivity index is 1.45. The van der Waals surface area contributed by atoms with Crippen molar-refractivity contribution in [1.82, 2.24) is 20.1 Å². The zero-order chi connectivity index (χ0) is 24.1. The lowest BCUT2D eigenvalue weighted by atomic mass is 10.1. The van der Waals surface area contributed by atoms with Crippen molar-refractivity contribution in [3.63, 3.8) is 0 Å². The van der Waals surface area contributed by atoms with Crippen LogP contribution in [0.25, 0.3) is 16.9 Å². The van der Waals surface area contributed by atoms with Gasteiger partial charge in [0, 0.05) is 24.8 Å². The van der Waals surface area contributed by atoms with Gasteiger partial charge < -0.3 is 10.6 Å². The van der Waals surface area contributed by atoms with Crippen LogP contribution in [0.1, 0.15) is 16.1 Å². The molecule has 2 aromatic heterocycles. The molecule has 1 amide bonds. The quantitative estimate of drug-likeness (QED) is 0.341. The van der Waals surface area contributed by atoms with Gasteiger partial charge in [-0.15, -0.1) is 0 Å². The van der Waals surface area contributed by atoms with E-state index in [1.54, 1.807) is 10.7 Å². The van der Waals surface area contributed by atoms with E-state index in [9.17, 15) is 18.0 Å². The van der Waals surface area contributed by atoms with Gasteiger partial charge in [0.2, 0.25) is 0 Å². The molecule has 0 aliphatic carbocycles. The van der Waals surface area contributed by atoms with Gasteiger partial charge in [-0.3, -0.25) is 4.79 Å². The molecule has 34 heavy (non-hydrogen) atoms. The van der Waals surface area contributed by atoms with Crippen molar-refractivity contribution in [2.45, 2.75) is 6.18 Å². The summed E-state index contributed by atoms with van der Waals surface area (Å²) in [5, 5.41) is 10.1. The van der Waals surface area contributed by atoms with Crippen LogP contribution in [-0.2, 0) is 6.18 Å². The molecule has 174 valence electrons. The maximum atomic E-state index is 13.0. The van der Waals surface area contributed by atoms with Crippen LogP contribution in [0.15, 0.2) is 79.0 Å². The maximum Gasteiger partial charge on any atom is 0.417 e. The Morgan fingerprint density at radius 2 is 1.65 bits per heavy atom. The van der Waals surface area contributed by atoms with Crippen LogP contribution in [0, 0.1) is 0 Å². The largest absolute Gasteiger partial charge is 0.417 e. The number of aromatic nitrogens is 3. The van der Waals surface area contributed by atoms with Crippen molar-refractivity contribution in [3.8, 4) is 16.9 Å². The summed E-state index contributed by atoms with van der Waals surface area (Å²) in [6, 6.07) is 21.3. The smallest absolute Gasteiger partial charge is 0.367 e. The third-order valence-electron chi connectivity index (χ3n) is 4.88. The minimum Gasteiger partial charge on any atom is -0.367 e. The molecule has 4 aromatic rings. The second kappa shape index (κ2) is 9.96. The standard InChI is InChI=1S/C24H19ClF3N5O/c25-19-13-17(24(26,27)28)15-31-22(19)29-11-12-30-23(34)21-14-20(16-7-3-1-4-8-16)32-33(21)18-9-5-2-6-10-18/h1-10,13-15H,11-12H2,(H,29,31)(H,30,34). The van der Waals surface area contributed by atoms with E-state index in [-0.39, 0.29) is 29.8 Å². The number of alkyl halides is 3. The Morgan fingerprint density at radius 3 is 2.29 bits per heavy atom. The SMILES string of the molecule is O=C(NCCNc1ncc(C(F)(F)F)cc1Cl)c1cc(-c2ccccc2)nn1-c1ccccc1. The maximum absolute atomic E-state index is 13.0. The number of halogens is 4. The lowest BCUT2D eigenvalue weighted by Gasteiger charge is -2.11. The Hall–Kier alpha value is -3.85. The molecule has 0 aliphatic heterocycles. The molecular formula is C24H19ClF3N5O. The van der Waals surface area contributed by atoms with E-state index in [0.29, 0.717) is 17.6 Å². The molecule has 4 rings (SSSR count). The molecular weight excluding hydrogens is 467 g/mol. The van der Waals surface area contributed by atoms with E-state index in [0.717, 1.165) is 17.3 Å². The van der Waals surface area contributed by atoms with Crippen LogP contribution in [0.3, 0.4) is 0 Å².